The summed E-state index contributed by atoms with van der Waals surface area (Å²) in [7, 11) is 3.82. The highest BCUT2D eigenvalue weighted by Gasteiger charge is 2.00. The van der Waals surface area contributed by atoms with Crippen molar-refractivity contribution in [2.75, 3.05) is 33.9 Å². The Bertz CT molecular complexity index is 114. The van der Waals surface area contributed by atoms with Gasteiger partial charge < -0.3 is 14.4 Å². The maximum Gasteiger partial charge on any atom is 0.508 e. The Hall–Kier alpha value is -0.770. The first-order chi connectivity index (χ1) is 5.16. The Labute approximate surface area is 67.1 Å². The van der Waals surface area contributed by atoms with Crippen LogP contribution in [-0.4, -0.2) is 44.9 Å². The lowest BCUT2D eigenvalue weighted by Crippen LogP contribution is -2.20. The Kier molecular flexibility index (Phi) is 5.56. The Morgan fingerprint density at radius 3 is 2.45 bits per heavy atom. The predicted octanol–water partition coefficient (Wildman–Crippen LogP) is 0.721. The zero-order chi connectivity index (χ0) is 8.69. The van der Waals surface area contributed by atoms with Crippen LogP contribution >= 0.6 is 0 Å². The van der Waals surface area contributed by atoms with Crippen molar-refractivity contribution in [3.63, 3.8) is 0 Å². The van der Waals surface area contributed by atoms with E-state index in [4.69, 9.17) is 4.74 Å². The lowest BCUT2D eigenvalue weighted by atomic mass is 10.6. The van der Waals surface area contributed by atoms with E-state index in [-0.39, 0.29) is 0 Å². The summed E-state index contributed by atoms with van der Waals surface area (Å²) in [5, 5.41) is 0. The van der Waals surface area contributed by atoms with E-state index in [0.717, 1.165) is 6.54 Å². The fourth-order valence-corrected chi connectivity index (χ4v) is 0.471. The highest BCUT2D eigenvalue weighted by atomic mass is 16.7. The molecule has 0 aliphatic rings. The summed E-state index contributed by atoms with van der Waals surface area (Å²) >= 11 is 0. The molecule has 0 spiro atoms. The van der Waals surface area contributed by atoms with Crippen LogP contribution in [0.4, 0.5) is 4.79 Å². The van der Waals surface area contributed by atoms with Gasteiger partial charge in [-0.1, -0.05) is 0 Å². The van der Waals surface area contributed by atoms with Crippen molar-refractivity contribution >= 4 is 6.16 Å². The molecule has 0 saturated heterocycles. The summed E-state index contributed by atoms with van der Waals surface area (Å²) < 4.78 is 9.23. The van der Waals surface area contributed by atoms with Crippen molar-refractivity contribution in [2.24, 2.45) is 0 Å². The zero-order valence-electron chi connectivity index (χ0n) is 7.29. The Morgan fingerprint density at radius 1 is 1.36 bits per heavy atom. The van der Waals surface area contributed by atoms with Crippen LogP contribution in [0.3, 0.4) is 0 Å². The largest absolute Gasteiger partial charge is 0.508 e. The van der Waals surface area contributed by atoms with Gasteiger partial charge in [-0.2, -0.15) is 0 Å². The third kappa shape index (κ3) is 7.12. The van der Waals surface area contributed by atoms with E-state index in [9.17, 15) is 4.79 Å². The molecule has 0 fully saturated rings. The molecule has 0 radical (unpaired) electrons. The molecular formula is C7H15NO3. The third-order valence-corrected chi connectivity index (χ3v) is 1.02. The van der Waals surface area contributed by atoms with Crippen molar-refractivity contribution in [1.82, 2.24) is 4.90 Å². The first-order valence-corrected chi connectivity index (χ1v) is 3.61. The van der Waals surface area contributed by atoms with E-state index >= 15 is 0 Å². The highest BCUT2D eigenvalue weighted by Crippen LogP contribution is 1.85. The van der Waals surface area contributed by atoms with Crippen LogP contribution in [0.1, 0.15) is 6.92 Å². The van der Waals surface area contributed by atoms with Crippen molar-refractivity contribution in [3.8, 4) is 0 Å². The van der Waals surface area contributed by atoms with Gasteiger partial charge in [-0.3, -0.25) is 0 Å². The number of carbonyl (C=O) groups is 1. The second kappa shape index (κ2) is 5.97. The van der Waals surface area contributed by atoms with E-state index in [2.05, 4.69) is 4.74 Å². The van der Waals surface area contributed by atoms with Gasteiger partial charge in [-0.15, -0.1) is 0 Å². The molecule has 0 N–H and O–H groups in total. The van der Waals surface area contributed by atoms with Crippen LogP contribution in [-0.2, 0) is 9.47 Å². The number of likely N-dealkylation sites (N-methyl/N-ethyl adjacent to an activating group) is 1. The molecule has 0 rings (SSSR count). The molecule has 4 heteroatoms. The summed E-state index contributed by atoms with van der Waals surface area (Å²) in [6.07, 6.45) is -0.589. The number of carbonyl (C=O) groups excluding carboxylic acids is 1. The molecule has 0 aromatic rings. The molecule has 0 atom stereocenters. The van der Waals surface area contributed by atoms with Crippen LogP contribution in [0, 0.1) is 0 Å². The number of ether oxygens (including phenoxy) is 2. The van der Waals surface area contributed by atoms with E-state index in [1.807, 2.05) is 19.0 Å². The van der Waals surface area contributed by atoms with Crippen molar-refractivity contribution in [3.05, 3.63) is 0 Å². The second-order valence-electron chi connectivity index (χ2n) is 2.33. The maximum absolute atomic E-state index is 10.6. The van der Waals surface area contributed by atoms with Gasteiger partial charge in [0.15, 0.2) is 0 Å². The molecule has 4 nitrogen and oxygen atoms in total. The molecule has 11 heavy (non-hydrogen) atoms. The molecule has 0 aromatic carbocycles. The Morgan fingerprint density at radius 2 is 2.00 bits per heavy atom. The topological polar surface area (TPSA) is 38.8 Å². The summed E-state index contributed by atoms with van der Waals surface area (Å²) in [6.45, 7) is 3.21. The minimum atomic E-state index is -0.589. The summed E-state index contributed by atoms with van der Waals surface area (Å²) in [6, 6.07) is 0. The quantitative estimate of drug-likeness (QED) is 0.569. The average Bonchev–Trinajstić information content (AvgIpc) is 1.87. The molecule has 0 heterocycles. The molecule has 0 aliphatic heterocycles. The fourth-order valence-electron chi connectivity index (χ4n) is 0.471. The third-order valence-electron chi connectivity index (χ3n) is 1.02. The van der Waals surface area contributed by atoms with Crippen LogP contribution in [0.2, 0.25) is 0 Å². The minimum Gasteiger partial charge on any atom is -0.435 e. The predicted molar refractivity (Wildman–Crippen MR) is 41.5 cm³/mol. The van der Waals surface area contributed by atoms with Gasteiger partial charge in [0.25, 0.3) is 0 Å². The lowest BCUT2D eigenvalue weighted by molar-refractivity contribution is 0.0549. The first kappa shape index (κ1) is 10.2. The number of nitrogens with zero attached hydrogens (tertiary/aromatic N) is 1. The summed E-state index contributed by atoms with van der Waals surface area (Å²) in [4.78, 5) is 12.5. The summed E-state index contributed by atoms with van der Waals surface area (Å²) in [5.74, 6) is 0. The molecular weight excluding hydrogens is 146 g/mol. The standard InChI is InChI=1S/C7H15NO3/c1-4-10-7(9)11-6-5-8(2)3/h4-6H2,1-3H3. The molecule has 0 bridgehead atoms. The molecule has 0 unspecified atom stereocenters. The molecule has 0 amide bonds. The van der Waals surface area contributed by atoms with Gasteiger partial charge in [0, 0.05) is 6.54 Å². The van der Waals surface area contributed by atoms with E-state index in [0.29, 0.717) is 13.2 Å². The van der Waals surface area contributed by atoms with E-state index in [1.165, 1.54) is 0 Å². The first-order valence-electron chi connectivity index (χ1n) is 3.61. The minimum absolute atomic E-state index is 0.362. The van der Waals surface area contributed by atoms with Crippen LogP contribution < -0.4 is 0 Å². The van der Waals surface area contributed by atoms with E-state index in [1.54, 1.807) is 6.92 Å². The average molecular weight is 161 g/mol. The molecule has 66 valence electrons. The SMILES string of the molecule is CCOC(=O)OCCN(C)C. The molecule has 0 aromatic heterocycles. The smallest absolute Gasteiger partial charge is 0.435 e. The molecule has 0 aliphatic carbocycles. The summed E-state index contributed by atoms with van der Waals surface area (Å²) in [5.41, 5.74) is 0. The van der Waals surface area contributed by atoms with Crippen LogP contribution in [0.5, 0.6) is 0 Å². The highest BCUT2D eigenvalue weighted by molar-refractivity contribution is 5.59. The van der Waals surface area contributed by atoms with Gasteiger partial charge in [0.05, 0.1) is 6.61 Å². The fraction of sp³-hybridized carbons (Fsp3) is 0.857. The second-order valence-corrected chi connectivity index (χ2v) is 2.33. The van der Waals surface area contributed by atoms with Gasteiger partial charge in [-0.05, 0) is 21.0 Å². The zero-order valence-corrected chi connectivity index (χ0v) is 7.29. The van der Waals surface area contributed by atoms with Crippen LogP contribution in [0.25, 0.3) is 0 Å². The van der Waals surface area contributed by atoms with Gasteiger partial charge in [0.2, 0.25) is 0 Å². The maximum atomic E-state index is 10.6. The number of hydrogen-bond donors (Lipinski definition) is 0. The van der Waals surface area contributed by atoms with Gasteiger partial charge >= 0.3 is 6.16 Å². The van der Waals surface area contributed by atoms with Crippen molar-refractivity contribution in [2.45, 2.75) is 6.92 Å². The number of rotatable bonds is 4. The monoisotopic (exact) mass is 161 g/mol. The van der Waals surface area contributed by atoms with Crippen molar-refractivity contribution in [1.29, 1.82) is 0 Å². The molecule has 0 saturated carbocycles. The number of hydrogen-bond acceptors (Lipinski definition) is 4. The van der Waals surface area contributed by atoms with Gasteiger partial charge in [0.1, 0.15) is 6.61 Å². The van der Waals surface area contributed by atoms with E-state index < -0.39 is 6.16 Å². The van der Waals surface area contributed by atoms with Crippen molar-refractivity contribution < 1.29 is 14.3 Å². The normalized spacial score (nSPS) is 9.82. The lowest BCUT2D eigenvalue weighted by Gasteiger charge is -2.09. The Balaban J connectivity index is 3.17. The van der Waals surface area contributed by atoms with Crippen LogP contribution in [0.15, 0.2) is 0 Å². The van der Waals surface area contributed by atoms with Gasteiger partial charge in [-0.25, -0.2) is 4.79 Å².